The fraction of sp³-hybridized carbons (Fsp3) is 0.476. The molecule has 0 saturated carbocycles. The monoisotopic (exact) mass is 386 g/mol. The molecule has 1 fully saturated rings. The second kappa shape index (κ2) is 9.39. The van der Waals surface area contributed by atoms with Crippen molar-refractivity contribution in [2.75, 3.05) is 20.2 Å². The topological polar surface area (TPSA) is 92.9 Å². The van der Waals surface area contributed by atoms with E-state index in [9.17, 15) is 9.59 Å². The molecule has 0 bridgehead atoms. The highest BCUT2D eigenvalue weighted by Gasteiger charge is 2.24. The number of aryl methyl sites for hydroxylation is 1. The van der Waals surface area contributed by atoms with Crippen LogP contribution in [-0.2, 0) is 16.0 Å². The number of carbonyl (C=O) groups excluding carboxylic acids is 1. The molecule has 1 atom stereocenters. The average Bonchev–Trinajstić information content (AvgIpc) is 3.20. The summed E-state index contributed by atoms with van der Waals surface area (Å²) in [5, 5.41) is 8.84. The molecule has 3 rings (SSSR count). The molecule has 1 saturated heterocycles. The lowest BCUT2D eigenvalue weighted by Gasteiger charge is -2.32. The number of rotatable bonds is 8. The smallest absolute Gasteiger partial charge is 0.303 e. The quantitative estimate of drug-likeness (QED) is 0.748. The minimum Gasteiger partial charge on any atom is -0.497 e. The number of ether oxygens (including phenoxy) is 1. The first-order valence-corrected chi connectivity index (χ1v) is 9.64. The summed E-state index contributed by atoms with van der Waals surface area (Å²) in [4.78, 5) is 29.4. The fourth-order valence-electron chi connectivity index (χ4n) is 3.54. The molecule has 1 N–H and O–H groups in total. The van der Waals surface area contributed by atoms with Gasteiger partial charge < -0.3 is 19.2 Å². The third-order valence-electron chi connectivity index (χ3n) is 5.12. The van der Waals surface area contributed by atoms with Crippen LogP contribution in [0.15, 0.2) is 34.9 Å². The van der Waals surface area contributed by atoms with Gasteiger partial charge in [-0.25, -0.2) is 4.98 Å². The van der Waals surface area contributed by atoms with E-state index in [2.05, 4.69) is 4.98 Å². The summed E-state index contributed by atoms with van der Waals surface area (Å²) < 4.78 is 10.9. The number of hydrogen-bond acceptors (Lipinski definition) is 5. The molecule has 7 heteroatoms. The number of nitrogens with zero attached hydrogens (tertiary/aromatic N) is 2. The molecular weight excluding hydrogens is 360 g/mol. The van der Waals surface area contributed by atoms with Crippen molar-refractivity contribution in [2.45, 2.75) is 38.5 Å². The number of methoxy groups -OCH3 is 1. The SMILES string of the molecule is COc1ccc(-c2cnc(CCC(=O)N3CCC[C@H](CCC(=O)O)C3)o2)cc1. The maximum absolute atomic E-state index is 12.5. The van der Waals surface area contributed by atoms with Gasteiger partial charge >= 0.3 is 5.97 Å². The second-order valence-corrected chi connectivity index (χ2v) is 7.13. The summed E-state index contributed by atoms with van der Waals surface area (Å²) in [6.07, 6.45) is 5.17. The molecule has 1 aliphatic rings. The van der Waals surface area contributed by atoms with Gasteiger partial charge in [0.15, 0.2) is 11.7 Å². The van der Waals surface area contributed by atoms with Crippen LogP contribution in [0.2, 0.25) is 0 Å². The first-order chi connectivity index (χ1) is 13.5. The van der Waals surface area contributed by atoms with E-state index >= 15 is 0 Å². The number of carboxylic acids is 1. The number of piperidine rings is 1. The fourth-order valence-corrected chi connectivity index (χ4v) is 3.54. The number of aliphatic carboxylic acids is 1. The van der Waals surface area contributed by atoms with E-state index in [0.29, 0.717) is 37.5 Å². The number of hydrogen-bond donors (Lipinski definition) is 1. The van der Waals surface area contributed by atoms with Gasteiger partial charge in [-0.2, -0.15) is 0 Å². The molecule has 150 valence electrons. The lowest BCUT2D eigenvalue weighted by atomic mass is 9.93. The second-order valence-electron chi connectivity index (χ2n) is 7.13. The first kappa shape index (κ1) is 19.9. The third-order valence-corrected chi connectivity index (χ3v) is 5.12. The Balaban J connectivity index is 1.50. The summed E-state index contributed by atoms with van der Waals surface area (Å²) in [5.41, 5.74) is 0.906. The molecule has 1 aromatic heterocycles. The molecule has 0 unspecified atom stereocenters. The van der Waals surface area contributed by atoms with Crippen LogP contribution in [0.5, 0.6) is 5.75 Å². The Morgan fingerprint density at radius 3 is 2.79 bits per heavy atom. The Hall–Kier alpha value is -2.83. The largest absolute Gasteiger partial charge is 0.497 e. The first-order valence-electron chi connectivity index (χ1n) is 9.64. The highest BCUT2D eigenvalue weighted by Crippen LogP contribution is 2.24. The predicted octanol–water partition coefficient (Wildman–Crippen LogP) is 3.39. The standard InChI is InChI=1S/C21H26N2O5/c1-27-17-7-5-16(6-8-17)18-13-22-19(28-18)9-10-20(24)23-12-2-3-15(14-23)4-11-21(25)26/h5-8,13,15H,2-4,9-12,14H2,1H3,(H,25,26)/t15-/m1/s1. The minimum atomic E-state index is -0.778. The number of carbonyl (C=O) groups is 2. The summed E-state index contributed by atoms with van der Waals surface area (Å²) in [6, 6.07) is 7.52. The van der Waals surface area contributed by atoms with Crippen molar-refractivity contribution in [1.82, 2.24) is 9.88 Å². The number of oxazole rings is 1. The van der Waals surface area contributed by atoms with Gasteiger partial charge in [0.1, 0.15) is 5.75 Å². The predicted molar refractivity (Wildman–Crippen MR) is 103 cm³/mol. The lowest BCUT2D eigenvalue weighted by Crippen LogP contribution is -2.40. The molecular formula is C21H26N2O5. The van der Waals surface area contributed by atoms with Gasteiger partial charge in [-0.1, -0.05) is 0 Å². The number of likely N-dealkylation sites (tertiary alicyclic amines) is 1. The van der Waals surface area contributed by atoms with Gasteiger partial charge in [0, 0.05) is 37.9 Å². The van der Waals surface area contributed by atoms with E-state index in [1.165, 1.54) is 0 Å². The van der Waals surface area contributed by atoms with Gasteiger partial charge in [0.25, 0.3) is 0 Å². The van der Waals surface area contributed by atoms with E-state index in [1.54, 1.807) is 13.3 Å². The maximum atomic E-state index is 12.5. The normalized spacial score (nSPS) is 16.8. The molecule has 0 aliphatic carbocycles. The van der Waals surface area contributed by atoms with Crippen molar-refractivity contribution in [3.05, 3.63) is 36.4 Å². The minimum absolute atomic E-state index is 0.0734. The van der Waals surface area contributed by atoms with E-state index < -0.39 is 5.97 Å². The van der Waals surface area contributed by atoms with Gasteiger partial charge in [-0.05, 0) is 49.4 Å². The lowest BCUT2D eigenvalue weighted by molar-refractivity contribution is -0.137. The number of carboxylic acid groups (broad SMARTS) is 1. The van der Waals surface area contributed by atoms with E-state index in [1.807, 2.05) is 29.2 Å². The molecule has 1 aromatic carbocycles. The summed E-state index contributed by atoms with van der Waals surface area (Å²) in [5.74, 6) is 1.55. The summed E-state index contributed by atoms with van der Waals surface area (Å²) in [6.45, 7) is 1.39. The third kappa shape index (κ3) is 5.34. The molecule has 0 spiro atoms. The van der Waals surface area contributed by atoms with Gasteiger partial charge in [-0.15, -0.1) is 0 Å². The van der Waals surface area contributed by atoms with Gasteiger partial charge in [0.2, 0.25) is 5.91 Å². The van der Waals surface area contributed by atoms with Crippen molar-refractivity contribution in [1.29, 1.82) is 0 Å². The highest BCUT2D eigenvalue weighted by molar-refractivity contribution is 5.76. The Morgan fingerprint density at radius 1 is 1.29 bits per heavy atom. The molecule has 1 amide bonds. The highest BCUT2D eigenvalue weighted by atomic mass is 16.5. The van der Waals surface area contributed by atoms with Crippen molar-refractivity contribution in [2.24, 2.45) is 5.92 Å². The Morgan fingerprint density at radius 2 is 2.07 bits per heavy atom. The molecule has 2 heterocycles. The van der Waals surface area contributed by atoms with Crippen LogP contribution in [0, 0.1) is 5.92 Å². The Labute approximate surface area is 164 Å². The maximum Gasteiger partial charge on any atom is 0.303 e. The molecule has 1 aliphatic heterocycles. The van der Waals surface area contributed by atoms with E-state index in [4.69, 9.17) is 14.3 Å². The number of benzene rings is 1. The molecule has 7 nitrogen and oxygen atoms in total. The Bertz CT molecular complexity index is 799. The van der Waals surface area contributed by atoms with Crippen molar-refractivity contribution < 1.29 is 23.8 Å². The van der Waals surface area contributed by atoms with Crippen LogP contribution in [0.25, 0.3) is 11.3 Å². The van der Waals surface area contributed by atoms with E-state index in [-0.39, 0.29) is 18.2 Å². The van der Waals surface area contributed by atoms with Crippen LogP contribution in [-0.4, -0.2) is 47.1 Å². The van der Waals surface area contributed by atoms with Crippen molar-refractivity contribution in [3.63, 3.8) is 0 Å². The van der Waals surface area contributed by atoms with Crippen LogP contribution in [0.3, 0.4) is 0 Å². The molecule has 2 aromatic rings. The van der Waals surface area contributed by atoms with Crippen molar-refractivity contribution >= 4 is 11.9 Å². The zero-order valence-electron chi connectivity index (χ0n) is 16.1. The Kier molecular flexibility index (Phi) is 6.68. The van der Waals surface area contributed by atoms with E-state index in [0.717, 1.165) is 30.7 Å². The van der Waals surface area contributed by atoms with Crippen LogP contribution in [0.1, 0.15) is 38.0 Å². The van der Waals surface area contributed by atoms with Crippen LogP contribution < -0.4 is 4.74 Å². The number of amides is 1. The average molecular weight is 386 g/mol. The van der Waals surface area contributed by atoms with Gasteiger partial charge in [0.05, 0.1) is 13.3 Å². The zero-order valence-corrected chi connectivity index (χ0v) is 16.1. The van der Waals surface area contributed by atoms with Gasteiger partial charge in [-0.3, -0.25) is 9.59 Å². The summed E-state index contributed by atoms with van der Waals surface area (Å²) >= 11 is 0. The van der Waals surface area contributed by atoms with Crippen molar-refractivity contribution in [3.8, 4) is 17.1 Å². The van der Waals surface area contributed by atoms with Crippen LogP contribution >= 0.6 is 0 Å². The number of aromatic nitrogens is 1. The van der Waals surface area contributed by atoms with Crippen LogP contribution in [0.4, 0.5) is 0 Å². The zero-order chi connectivity index (χ0) is 19.9. The summed E-state index contributed by atoms with van der Waals surface area (Å²) in [7, 11) is 1.62. The molecule has 28 heavy (non-hydrogen) atoms. The molecule has 0 radical (unpaired) electrons.